The van der Waals surface area contributed by atoms with Gasteiger partial charge in [-0.25, -0.2) is 0 Å². The summed E-state index contributed by atoms with van der Waals surface area (Å²) in [5, 5.41) is 18.8. The number of unbranched alkanes of at least 4 members (excludes halogenated alkanes) is 1. The number of esters is 2. The number of hydrogen-bond donors (Lipinski definition) is 2. The van der Waals surface area contributed by atoms with Crippen LogP contribution >= 0.6 is 0 Å². The van der Waals surface area contributed by atoms with Gasteiger partial charge >= 0.3 is 226 Å². The Morgan fingerprint density at radius 1 is 0.164 bits per heavy atom. The van der Waals surface area contributed by atoms with Crippen molar-refractivity contribution in [3.8, 4) is 0 Å². The predicted octanol–water partition coefficient (Wildman–Crippen LogP) is 23.9. The number of carbonyl (C=O) groups is 2. The number of aliphatic hydroxyl groups excluding tert-OH is 2. The molecule has 0 aromatic carbocycles. The molecule has 2 N–H and O–H groups in total. The van der Waals surface area contributed by atoms with E-state index >= 15 is 0 Å². The molecule has 0 radical (unpaired) electrons. The molecule has 6 nitrogen and oxygen atoms in total. The van der Waals surface area contributed by atoms with Crippen molar-refractivity contribution < 1.29 is 354 Å². The molecule has 0 spiro atoms. The Balaban J connectivity index is 6.81. The third-order valence-electron chi connectivity index (χ3n) is 16.3. The maximum absolute atomic E-state index is 14.4. The van der Waals surface area contributed by atoms with Crippen molar-refractivity contribution in [3.05, 3.63) is 0 Å². The number of ether oxygens (including phenoxy) is 2. The van der Waals surface area contributed by atoms with Crippen LogP contribution < -0.4 is 0 Å². The summed E-state index contributed by atoms with van der Waals surface area (Å²) in [7, 11) is 0. The topological polar surface area (TPSA) is 93.1 Å². The van der Waals surface area contributed by atoms with E-state index in [1.165, 1.54) is 0 Å². The molecule has 0 aliphatic carbocycles. The van der Waals surface area contributed by atoms with Crippen molar-refractivity contribution in [2.24, 2.45) is 0 Å². The van der Waals surface area contributed by atoms with Gasteiger partial charge in [-0.1, -0.05) is 0 Å². The number of halogens is 74. The summed E-state index contributed by atoms with van der Waals surface area (Å²) in [6.07, 6.45) is -40.2. The molecule has 0 aromatic rings. The van der Waals surface area contributed by atoms with E-state index in [9.17, 15) is 345 Å². The lowest BCUT2D eigenvalue weighted by atomic mass is 9.82. The maximum Gasteiger partial charge on any atom is 0.460 e. The molecule has 0 amide bonds. The van der Waals surface area contributed by atoms with Crippen LogP contribution in [-0.2, 0) is 19.1 Å². The SMILES string of the molecule is O=C(CCCCC(=O)OCC(O)CC(F)(F)C(F)(F)C(F)(F)C(F)(F)C(F)(F)C(F)(F)C(F)(F)C(F)(F)C(F)(F)C(F)(F)C(F)(F)C(F)(F)C(F)(F)C(F)(F)C(F)(F)C(F)(F)C(F)(F)C(F)(F)F)OCC(O)CC(F)(F)C(F)(F)C(F)(F)C(F)(F)C(F)(F)C(F)(F)C(F)(F)C(F)(F)C(F)(F)C(F)(F)C(F)(F)C(F)(F)C(F)(F)C(F)(F)C(F)(F)C(F)(F)C(F)(F)C(F)(F)F. The molecule has 0 bridgehead atoms. The highest BCUT2D eigenvalue weighted by atomic mass is 19.5. The number of rotatable bonds is 45. The third-order valence-corrected chi connectivity index (χ3v) is 16.3. The zero-order valence-corrected chi connectivity index (χ0v) is 56.3. The lowest BCUT2D eigenvalue weighted by Crippen LogP contribution is -2.80. The van der Waals surface area contributed by atoms with E-state index < -0.39 is 290 Å². The van der Waals surface area contributed by atoms with Gasteiger partial charge in [-0.15, -0.1) is 0 Å². The molecule has 0 rings (SSSR count). The zero-order chi connectivity index (χ0) is 105. The summed E-state index contributed by atoms with van der Waals surface area (Å²) in [6, 6.07) is 0. The average molecular weight is 2100 g/mol. The van der Waals surface area contributed by atoms with Gasteiger partial charge in [0.2, 0.25) is 0 Å². The Morgan fingerprint density at radius 2 is 0.258 bits per heavy atom. The molecule has 0 aliphatic rings. The van der Waals surface area contributed by atoms with Gasteiger partial charge in [-0.2, -0.15) is 325 Å². The molecule has 0 aromatic heterocycles. The molecular formula is C48H20F74O6. The highest BCUT2D eigenvalue weighted by molar-refractivity contribution is 5.70. The van der Waals surface area contributed by atoms with Gasteiger partial charge in [0.05, 0.1) is 12.2 Å². The van der Waals surface area contributed by atoms with Crippen LogP contribution in [0.4, 0.5) is 325 Å². The van der Waals surface area contributed by atoms with E-state index in [4.69, 9.17) is 0 Å². The first-order valence-electron chi connectivity index (χ1n) is 28.9. The molecule has 80 heteroatoms. The van der Waals surface area contributed by atoms with Gasteiger partial charge in [0.15, 0.2) is 0 Å². The minimum atomic E-state index is -10.7. The minimum Gasteiger partial charge on any atom is -0.463 e. The van der Waals surface area contributed by atoms with Gasteiger partial charge in [-0.05, 0) is 12.8 Å². The quantitative estimate of drug-likeness (QED) is 0.0359. The Hall–Kier alpha value is -6.32. The van der Waals surface area contributed by atoms with Crippen LogP contribution in [0.1, 0.15) is 38.5 Å². The summed E-state index contributed by atoms with van der Waals surface area (Å²) >= 11 is 0. The smallest absolute Gasteiger partial charge is 0.460 e. The van der Waals surface area contributed by atoms with Crippen LogP contribution in [-0.4, -0.2) is 261 Å². The Labute approximate surface area is 644 Å². The monoisotopic (exact) mass is 2100 g/mol. The van der Waals surface area contributed by atoms with Gasteiger partial charge in [0, 0.05) is 25.7 Å². The highest BCUT2D eigenvalue weighted by Crippen LogP contribution is 2.75. The van der Waals surface area contributed by atoms with E-state index in [1.54, 1.807) is 0 Å². The van der Waals surface area contributed by atoms with E-state index in [2.05, 4.69) is 9.47 Å². The number of alkyl halides is 74. The van der Waals surface area contributed by atoms with Gasteiger partial charge in [0.1, 0.15) is 13.2 Å². The standard InChI is InChI=1S/C48H20F74O6/c49-13(50,15(53,54)17(57,58)19(61,62)21(65,66)23(69,70)25(73,74)27(77,78)29(81,82)31(85,86)33(89,90)35(93,94)37(97,98)39(101,102)41(105,106)43(109,110)45(113,114)47(117,118)119)5-9(123)7-127-11(125)3-1-2-4-12(126)128-8-10(124)6-14(51,52)16(55,56)18(59,60)20(63,64)22(67,68)24(71,72)26(75,76)28(79,80)30(83,84)32(87,88)34(91,92)36(95,96)38(99,100)40(103,104)42(107,108)44(111,112)46(115,116)48(120,121)122/h9-10,123-124H,1-8H2. The molecule has 2 unspecified atom stereocenters. The van der Waals surface area contributed by atoms with Crippen molar-refractivity contribution in [2.45, 2.75) is 264 Å². The van der Waals surface area contributed by atoms with Gasteiger partial charge in [0.25, 0.3) is 0 Å². The Morgan fingerprint density at radius 3 is 0.359 bits per heavy atom. The second-order valence-corrected chi connectivity index (χ2v) is 25.1. The van der Waals surface area contributed by atoms with Gasteiger partial charge in [-0.3, -0.25) is 9.59 Å². The summed E-state index contributed by atoms with van der Waals surface area (Å²) in [5.41, 5.74) is 0. The van der Waals surface area contributed by atoms with Crippen molar-refractivity contribution in [1.82, 2.24) is 0 Å². The molecule has 0 saturated heterocycles. The van der Waals surface area contributed by atoms with E-state index in [1.807, 2.05) is 0 Å². The van der Waals surface area contributed by atoms with E-state index in [-0.39, 0.29) is 0 Å². The molecule has 128 heavy (non-hydrogen) atoms. The van der Waals surface area contributed by atoms with E-state index in [0.717, 1.165) is 0 Å². The third kappa shape index (κ3) is 15.8. The Bertz CT molecular complexity index is 3620. The van der Waals surface area contributed by atoms with Gasteiger partial charge < -0.3 is 19.7 Å². The fourth-order valence-electron chi connectivity index (χ4n) is 8.36. The first-order valence-corrected chi connectivity index (χ1v) is 28.9. The molecule has 0 aliphatic heterocycles. The molecule has 0 saturated carbocycles. The second-order valence-electron chi connectivity index (χ2n) is 25.1. The number of aliphatic hydroxyl groups is 2. The van der Waals surface area contributed by atoms with Crippen LogP contribution in [0.5, 0.6) is 0 Å². The van der Waals surface area contributed by atoms with Crippen molar-refractivity contribution >= 4 is 11.9 Å². The average Bonchev–Trinajstić information content (AvgIpc) is 0.674. The molecule has 0 fully saturated rings. The first kappa shape index (κ1) is 122. The Kier molecular flexibility index (Phi) is 30.6. The number of hydrogen-bond acceptors (Lipinski definition) is 6. The zero-order valence-electron chi connectivity index (χ0n) is 56.3. The summed E-state index contributed by atoms with van der Waals surface area (Å²) < 4.78 is 1040. The number of carbonyl (C=O) groups excluding carboxylic acids is 2. The molecule has 766 valence electrons. The first-order chi connectivity index (χ1) is 54.3. The lowest BCUT2D eigenvalue weighted by Gasteiger charge is -2.47. The van der Waals surface area contributed by atoms with E-state index in [0.29, 0.717) is 0 Å². The largest absolute Gasteiger partial charge is 0.463 e. The van der Waals surface area contributed by atoms with Crippen LogP contribution in [0.3, 0.4) is 0 Å². The van der Waals surface area contributed by atoms with Crippen LogP contribution in [0.2, 0.25) is 0 Å². The molecular weight excluding hydrogens is 2080 g/mol. The second kappa shape index (κ2) is 32.2. The maximum atomic E-state index is 14.4. The summed E-state index contributed by atoms with van der Waals surface area (Å²) in [5.74, 6) is -348. The van der Waals surface area contributed by atoms with Crippen LogP contribution in [0.15, 0.2) is 0 Å². The minimum absolute atomic E-state index is 1.36. The molecule has 2 atom stereocenters. The van der Waals surface area contributed by atoms with Crippen LogP contribution in [0, 0.1) is 0 Å². The fourth-order valence-corrected chi connectivity index (χ4v) is 8.36. The highest BCUT2D eigenvalue weighted by Gasteiger charge is 3.06. The van der Waals surface area contributed by atoms with Crippen molar-refractivity contribution in [2.75, 3.05) is 13.2 Å². The normalized spacial score (nSPS) is 17.3. The predicted molar refractivity (Wildman–Crippen MR) is 242 cm³/mol. The fraction of sp³-hybridized carbons (Fsp3) is 0.958. The van der Waals surface area contributed by atoms with Crippen molar-refractivity contribution in [1.29, 1.82) is 0 Å². The molecule has 0 heterocycles. The van der Waals surface area contributed by atoms with Crippen LogP contribution in [0.25, 0.3) is 0 Å². The van der Waals surface area contributed by atoms with Crippen molar-refractivity contribution in [3.63, 3.8) is 0 Å². The summed E-state index contributed by atoms with van der Waals surface area (Å²) in [6.45, 7) is -5.49. The summed E-state index contributed by atoms with van der Waals surface area (Å²) in [4.78, 5) is 23.6. The lowest BCUT2D eigenvalue weighted by molar-refractivity contribution is -0.493.